The van der Waals surface area contributed by atoms with E-state index in [2.05, 4.69) is 0 Å². The highest BCUT2D eigenvalue weighted by Gasteiger charge is 2.49. The van der Waals surface area contributed by atoms with E-state index in [0.29, 0.717) is 20.8 Å². The van der Waals surface area contributed by atoms with Gasteiger partial charge in [-0.15, -0.1) is 0 Å². The molecule has 280 valence electrons. The van der Waals surface area contributed by atoms with Gasteiger partial charge in [0, 0.05) is 11.1 Å². The van der Waals surface area contributed by atoms with E-state index in [1.807, 2.05) is 0 Å². The number of nitriles is 2. The summed E-state index contributed by atoms with van der Waals surface area (Å²) in [7, 11) is 0. The predicted octanol–water partition coefficient (Wildman–Crippen LogP) is 11.3. The van der Waals surface area contributed by atoms with Gasteiger partial charge in [0.25, 0.3) is 0 Å². The molecule has 0 bridgehead atoms. The van der Waals surface area contributed by atoms with Crippen molar-refractivity contribution in [3.8, 4) is 12.1 Å². The van der Waals surface area contributed by atoms with E-state index in [9.17, 15) is 67.6 Å². The highest BCUT2D eigenvalue weighted by atomic mass is 19.4. The molecular weight excluding hydrogens is 773 g/mol. The maximum Gasteiger partial charge on any atom is 0.422 e. The third-order valence-electron chi connectivity index (χ3n) is 7.61. The summed E-state index contributed by atoms with van der Waals surface area (Å²) in [5.74, 6) is -35.3. The first-order valence-corrected chi connectivity index (χ1v) is 13.5. The molecule has 0 unspecified atom stereocenters. The standard InChI is InChI=1S/C32H9F19N2/c1-6(10-18(33)24(39)15(30(2,3)45)25(40)19(10)34)9-11(7(4-52)13-20(35)26(41)16(31(46,47)48)27(42)21(13)36)12(9)8(5-53)14-22(37)28(43)17(32(49,50)51)29(44)23(14)38/h1-3H3/b9-6-,11-7?,12-8-. The molecule has 2 nitrogen and oxygen atoms in total. The SMILES string of the molecule is C/C(=C1\C(=C(C#N)c2c(F)c(F)c(C(F)(F)F)c(F)c2F)\C1=C(\C#N)c1c(F)c(F)c(C(F)(F)F)c(F)c1F)c1c(F)c(F)c(C(C)(C)F)c(F)c1F. The van der Waals surface area contributed by atoms with Crippen LogP contribution in [-0.4, -0.2) is 0 Å². The smallest absolute Gasteiger partial charge is 0.239 e. The molecule has 0 saturated heterocycles. The number of benzene rings is 3. The Morgan fingerprint density at radius 1 is 0.396 bits per heavy atom. The lowest BCUT2D eigenvalue weighted by molar-refractivity contribution is -0.144. The summed E-state index contributed by atoms with van der Waals surface area (Å²) in [6, 6.07) is 1.54. The lowest BCUT2D eigenvalue weighted by Crippen LogP contribution is -2.19. The predicted molar refractivity (Wildman–Crippen MR) is 141 cm³/mol. The van der Waals surface area contributed by atoms with Crippen LogP contribution in [0.4, 0.5) is 83.4 Å². The van der Waals surface area contributed by atoms with Crippen LogP contribution in [0, 0.1) is 92.5 Å². The van der Waals surface area contributed by atoms with Crippen molar-refractivity contribution in [3.63, 3.8) is 0 Å². The molecule has 53 heavy (non-hydrogen) atoms. The highest BCUT2D eigenvalue weighted by Crippen LogP contribution is 2.58. The maximum absolute atomic E-state index is 15.3. The monoisotopic (exact) mass is 782 g/mol. The van der Waals surface area contributed by atoms with E-state index < -0.39 is 155 Å². The van der Waals surface area contributed by atoms with E-state index in [0.717, 1.165) is 12.1 Å². The molecule has 3 aromatic rings. The van der Waals surface area contributed by atoms with Crippen LogP contribution in [0.15, 0.2) is 16.7 Å². The Bertz CT molecular complexity index is 2130. The third kappa shape index (κ3) is 6.15. The van der Waals surface area contributed by atoms with Crippen molar-refractivity contribution >= 4 is 16.7 Å². The first kappa shape index (κ1) is 40.3. The lowest BCUT2D eigenvalue weighted by Gasteiger charge is -2.19. The zero-order chi connectivity index (χ0) is 40.8. The first-order chi connectivity index (χ1) is 24.1. The molecule has 0 heterocycles. The molecule has 0 amide bonds. The fraction of sp³-hybridized carbons (Fsp3) is 0.188. The minimum Gasteiger partial charge on any atom is -0.239 e. The largest absolute Gasteiger partial charge is 0.422 e. The number of hydrogen-bond donors (Lipinski definition) is 0. The average molecular weight is 782 g/mol. The topological polar surface area (TPSA) is 47.6 Å². The van der Waals surface area contributed by atoms with Gasteiger partial charge in [-0.05, 0) is 31.9 Å². The van der Waals surface area contributed by atoms with Gasteiger partial charge >= 0.3 is 12.4 Å². The zero-order valence-electron chi connectivity index (χ0n) is 25.6. The highest BCUT2D eigenvalue weighted by molar-refractivity contribution is 6.10. The molecule has 1 fully saturated rings. The summed E-state index contributed by atoms with van der Waals surface area (Å²) in [6.45, 7) is 1.17. The van der Waals surface area contributed by atoms with E-state index in [1.54, 1.807) is 0 Å². The van der Waals surface area contributed by atoms with Crippen LogP contribution in [-0.2, 0) is 18.0 Å². The average Bonchev–Trinajstić information content (AvgIpc) is 3.75. The Balaban J connectivity index is 2.34. The van der Waals surface area contributed by atoms with Gasteiger partial charge in [-0.25, -0.2) is 57.1 Å². The molecule has 1 saturated carbocycles. The summed E-state index contributed by atoms with van der Waals surface area (Å²) in [6.07, 6.45) is -12.4. The molecule has 0 aliphatic heterocycles. The van der Waals surface area contributed by atoms with Gasteiger partial charge in [-0.3, -0.25) is 0 Å². The summed E-state index contributed by atoms with van der Waals surface area (Å²) >= 11 is 0. The minimum atomic E-state index is -6.18. The normalized spacial score (nSPS) is 16.4. The van der Waals surface area contributed by atoms with Crippen molar-refractivity contribution in [2.75, 3.05) is 0 Å². The van der Waals surface area contributed by atoms with Crippen LogP contribution < -0.4 is 0 Å². The second kappa shape index (κ2) is 12.9. The molecule has 21 heteroatoms. The number of nitrogens with zero attached hydrogens (tertiary/aromatic N) is 2. The van der Waals surface area contributed by atoms with Crippen LogP contribution >= 0.6 is 0 Å². The minimum absolute atomic E-state index is 0.341. The van der Waals surface area contributed by atoms with Crippen LogP contribution in [0.5, 0.6) is 0 Å². The zero-order valence-corrected chi connectivity index (χ0v) is 25.6. The molecule has 1 aliphatic rings. The van der Waals surface area contributed by atoms with Gasteiger partial charge in [-0.1, -0.05) is 0 Å². The quantitative estimate of drug-likeness (QED) is 0.150. The van der Waals surface area contributed by atoms with Crippen LogP contribution in [0.2, 0.25) is 0 Å². The molecule has 0 N–H and O–H groups in total. The van der Waals surface area contributed by atoms with E-state index in [-0.39, 0.29) is 0 Å². The Morgan fingerprint density at radius 2 is 0.642 bits per heavy atom. The molecule has 0 atom stereocenters. The number of rotatable bonds is 4. The fourth-order valence-corrected chi connectivity index (χ4v) is 5.34. The summed E-state index contributed by atoms with van der Waals surface area (Å²) in [5, 5.41) is 19.5. The van der Waals surface area contributed by atoms with Crippen LogP contribution in [0.3, 0.4) is 0 Å². The molecule has 4 rings (SSSR count). The number of hydrogen-bond acceptors (Lipinski definition) is 2. The maximum atomic E-state index is 15.3. The molecular formula is C32H9F19N2. The van der Waals surface area contributed by atoms with Gasteiger partial charge in [0.1, 0.15) is 28.9 Å². The van der Waals surface area contributed by atoms with Crippen molar-refractivity contribution in [1.82, 2.24) is 0 Å². The van der Waals surface area contributed by atoms with Crippen molar-refractivity contribution in [3.05, 3.63) is 120 Å². The molecule has 1 aliphatic carbocycles. The second-order valence-corrected chi connectivity index (χ2v) is 11.2. The molecule has 0 radical (unpaired) electrons. The number of halogens is 19. The third-order valence-corrected chi connectivity index (χ3v) is 7.61. The Kier molecular flexibility index (Phi) is 9.80. The fourth-order valence-electron chi connectivity index (χ4n) is 5.34. The number of allylic oxidation sites excluding steroid dienone is 6. The Hall–Kier alpha value is -5.47. The first-order valence-electron chi connectivity index (χ1n) is 13.5. The van der Waals surface area contributed by atoms with Gasteiger partial charge < -0.3 is 0 Å². The Labute approximate surface area is 282 Å². The van der Waals surface area contributed by atoms with Gasteiger partial charge in [0.15, 0.2) is 69.8 Å². The van der Waals surface area contributed by atoms with Crippen molar-refractivity contribution in [2.24, 2.45) is 0 Å². The summed E-state index contributed by atoms with van der Waals surface area (Å²) < 4.78 is 273. The van der Waals surface area contributed by atoms with E-state index in [4.69, 9.17) is 0 Å². The lowest BCUT2D eigenvalue weighted by atomic mass is 9.93. The second-order valence-electron chi connectivity index (χ2n) is 11.2. The van der Waals surface area contributed by atoms with Crippen LogP contribution in [0.25, 0.3) is 16.7 Å². The van der Waals surface area contributed by atoms with E-state index in [1.165, 1.54) is 0 Å². The van der Waals surface area contributed by atoms with Crippen molar-refractivity contribution in [2.45, 2.75) is 38.8 Å². The molecule has 3 aromatic carbocycles. The molecule has 0 aromatic heterocycles. The van der Waals surface area contributed by atoms with E-state index >= 15 is 26.3 Å². The van der Waals surface area contributed by atoms with Gasteiger partial charge in [-0.2, -0.15) is 36.9 Å². The van der Waals surface area contributed by atoms with Crippen LogP contribution in [0.1, 0.15) is 54.2 Å². The summed E-state index contributed by atoms with van der Waals surface area (Å²) in [5.41, 5.74) is -28.6. The van der Waals surface area contributed by atoms with Crippen molar-refractivity contribution < 1.29 is 83.4 Å². The molecule has 0 spiro atoms. The van der Waals surface area contributed by atoms with Gasteiger partial charge in [0.05, 0.1) is 33.4 Å². The summed E-state index contributed by atoms with van der Waals surface area (Å²) in [4.78, 5) is 0. The Morgan fingerprint density at radius 3 is 0.868 bits per heavy atom. The van der Waals surface area contributed by atoms with Gasteiger partial charge in [0.2, 0.25) is 0 Å². The number of alkyl halides is 7. The van der Waals surface area contributed by atoms with Crippen molar-refractivity contribution in [1.29, 1.82) is 10.5 Å².